The molecule has 5 heteroatoms. The van der Waals surface area contributed by atoms with Crippen molar-refractivity contribution in [2.75, 3.05) is 20.1 Å². The molecule has 1 saturated carbocycles. The minimum Gasteiger partial charge on any atom is -0.359 e. The Kier molecular flexibility index (Phi) is 6.10. The second kappa shape index (κ2) is 8.91. The van der Waals surface area contributed by atoms with Crippen LogP contribution >= 0.6 is 0 Å². The van der Waals surface area contributed by atoms with Gasteiger partial charge < -0.3 is 9.42 Å². The van der Waals surface area contributed by atoms with Crippen molar-refractivity contribution in [3.05, 3.63) is 53.4 Å². The Morgan fingerprint density at radius 3 is 2.68 bits per heavy atom. The maximum atomic E-state index is 12.9. The van der Waals surface area contributed by atoms with Crippen LogP contribution in [0.5, 0.6) is 0 Å². The van der Waals surface area contributed by atoms with Gasteiger partial charge in [0.15, 0.2) is 11.5 Å². The fourth-order valence-electron chi connectivity index (χ4n) is 4.83. The molecule has 0 bridgehead atoms. The Bertz CT molecular complexity index is 767. The highest BCUT2D eigenvalue weighted by molar-refractivity contribution is 5.92. The number of amides is 1. The highest BCUT2D eigenvalue weighted by Crippen LogP contribution is 2.35. The third kappa shape index (κ3) is 4.64. The van der Waals surface area contributed by atoms with Gasteiger partial charge in [-0.1, -0.05) is 67.6 Å². The molecular weight excluding hydrogens is 350 g/mol. The van der Waals surface area contributed by atoms with Crippen molar-refractivity contribution in [1.82, 2.24) is 15.0 Å². The zero-order valence-corrected chi connectivity index (χ0v) is 16.8. The van der Waals surface area contributed by atoms with Gasteiger partial charge in [0.2, 0.25) is 0 Å². The van der Waals surface area contributed by atoms with Gasteiger partial charge in [-0.05, 0) is 30.9 Å². The fraction of sp³-hybridized carbons (Fsp3) is 0.565. The summed E-state index contributed by atoms with van der Waals surface area (Å²) in [5.41, 5.74) is 1.71. The van der Waals surface area contributed by atoms with E-state index in [1.807, 2.05) is 36.2 Å². The maximum Gasteiger partial charge on any atom is 0.276 e. The molecule has 2 aliphatic rings. The van der Waals surface area contributed by atoms with Crippen LogP contribution in [0, 0.1) is 11.8 Å². The van der Waals surface area contributed by atoms with Gasteiger partial charge in [0.25, 0.3) is 5.91 Å². The average Bonchev–Trinajstić information content (AvgIpc) is 3.39. The predicted octanol–water partition coefficient (Wildman–Crippen LogP) is 4.35. The number of rotatable bonds is 6. The lowest BCUT2D eigenvalue weighted by Gasteiger charge is -2.27. The topological polar surface area (TPSA) is 49.6 Å². The van der Waals surface area contributed by atoms with E-state index in [1.165, 1.54) is 37.7 Å². The summed E-state index contributed by atoms with van der Waals surface area (Å²) in [6.07, 6.45) is 7.92. The number of carbonyl (C=O) groups is 1. The molecule has 1 aliphatic carbocycles. The van der Waals surface area contributed by atoms with E-state index >= 15 is 0 Å². The Balaban J connectivity index is 1.30. The Hall–Kier alpha value is -2.14. The predicted molar refractivity (Wildman–Crippen MR) is 109 cm³/mol. The van der Waals surface area contributed by atoms with Crippen LogP contribution < -0.4 is 0 Å². The lowest BCUT2D eigenvalue weighted by Crippen LogP contribution is -2.30. The van der Waals surface area contributed by atoms with Crippen molar-refractivity contribution in [2.45, 2.75) is 51.6 Å². The number of likely N-dealkylation sites (tertiary alicyclic amines) is 1. The first-order valence-corrected chi connectivity index (χ1v) is 10.7. The maximum absolute atomic E-state index is 12.9. The van der Waals surface area contributed by atoms with Crippen LogP contribution in [-0.2, 0) is 13.1 Å². The fourth-order valence-corrected chi connectivity index (χ4v) is 4.83. The van der Waals surface area contributed by atoms with Crippen LogP contribution in [0.15, 0.2) is 40.9 Å². The van der Waals surface area contributed by atoms with E-state index < -0.39 is 0 Å². The quantitative estimate of drug-likeness (QED) is 0.746. The summed E-state index contributed by atoms with van der Waals surface area (Å²) in [5.74, 6) is 2.25. The van der Waals surface area contributed by atoms with Crippen LogP contribution in [-0.4, -0.2) is 41.0 Å². The van der Waals surface area contributed by atoms with E-state index in [0.717, 1.165) is 37.7 Å². The summed E-state index contributed by atoms with van der Waals surface area (Å²) in [6.45, 7) is 3.22. The number of nitrogens with zero attached hydrogens (tertiary/aromatic N) is 3. The normalized spacial score (nSPS) is 20.8. The SMILES string of the molecule is CN(Cc1ccccc1)Cc1cc(C(=O)N2CC[C@H](C3CCCCC3)C2)no1. The van der Waals surface area contributed by atoms with Crippen LogP contribution in [0.2, 0.25) is 0 Å². The molecule has 1 aromatic heterocycles. The molecule has 1 aliphatic heterocycles. The molecule has 150 valence electrons. The van der Waals surface area contributed by atoms with Gasteiger partial charge >= 0.3 is 0 Å². The first-order valence-electron chi connectivity index (χ1n) is 10.7. The Morgan fingerprint density at radius 2 is 1.89 bits per heavy atom. The molecule has 5 nitrogen and oxygen atoms in total. The van der Waals surface area contributed by atoms with Crippen molar-refractivity contribution < 1.29 is 9.32 Å². The molecule has 2 heterocycles. The molecule has 0 N–H and O–H groups in total. The van der Waals surface area contributed by atoms with Gasteiger partial charge in [-0.3, -0.25) is 9.69 Å². The number of hydrogen-bond donors (Lipinski definition) is 0. The monoisotopic (exact) mass is 381 g/mol. The number of aromatic nitrogens is 1. The van der Waals surface area contributed by atoms with Crippen molar-refractivity contribution in [3.63, 3.8) is 0 Å². The van der Waals surface area contributed by atoms with Gasteiger partial charge in [-0.15, -0.1) is 0 Å². The van der Waals surface area contributed by atoms with Crippen molar-refractivity contribution >= 4 is 5.91 Å². The van der Waals surface area contributed by atoms with Crippen LogP contribution in [0.3, 0.4) is 0 Å². The number of carbonyl (C=O) groups excluding carboxylic acids is 1. The van der Waals surface area contributed by atoms with E-state index in [0.29, 0.717) is 18.2 Å². The molecule has 1 amide bonds. The van der Waals surface area contributed by atoms with Crippen LogP contribution in [0.4, 0.5) is 0 Å². The van der Waals surface area contributed by atoms with Gasteiger partial charge in [-0.25, -0.2) is 0 Å². The average molecular weight is 382 g/mol. The van der Waals surface area contributed by atoms with E-state index in [4.69, 9.17) is 4.52 Å². The molecule has 2 aromatic rings. The van der Waals surface area contributed by atoms with E-state index in [9.17, 15) is 4.79 Å². The largest absolute Gasteiger partial charge is 0.359 e. The minimum atomic E-state index is 0.0269. The van der Waals surface area contributed by atoms with Crippen molar-refractivity contribution in [1.29, 1.82) is 0 Å². The van der Waals surface area contributed by atoms with Gasteiger partial charge in [0, 0.05) is 25.7 Å². The van der Waals surface area contributed by atoms with Crippen molar-refractivity contribution in [3.8, 4) is 0 Å². The molecule has 1 atom stereocenters. The molecule has 0 spiro atoms. The minimum absolute atomic E-state index is 0.0269. The third-order valence-corrected chi connectivity index (χ3v) is 6.33. The van der Waals surface area contributed by atoms with E-state index in [-0.39, 0.29) is 5.91 Å². The Morgan fingerprint density at radius 1 is 1.11 bits per heavy atom. The highest BCUT2D eigenvalue weighted by Gasteiger charge is 2.33. The molecule has 1 aromatic carbocycles. The lowest BCUT2D eigenvalue weighted by molar-refractivity contribution is 0.0769. The molecule has 2 fully saturated rings. The number of hydrogen-bond acceptors (Lipinski definition) is 4. The van der Waals surface area contributed by atoms with Crippen LogP contribution in [0.25, 0.3) is 0 Å². The second-order valence-electron chi connectivity index (χ2n) is 8.53. The van der Waals surface area contributed by atoms with Gasteiger partial charge in [0.05, 0.1) is 6.54 Å². The molecule has 4 rings (SSSR count). The zero-order valence-electron chi connectivity index (χ0n) is 16.8. The summed E-state index contributed by atoms with van der Waals surface area (Å²) in [4.78, 5) is 17.0. The molecule has 28 heavy (non-hydrogen) atoms. The first kappa shape index (κ1) is 19.2. The molecule has 1 saturated heterocycles. The van der Waals surface area contributed by atoms with E-state index in [1.54, 1.807) is 0 Å². The Labute approximate surface area is 167 Å². The summed E-state index contributed by atoms with van der Waals surface area (Å²) in [7, 11) is 2.05. The summed E-state index contributed by atoms with van der Waals surface area (Å²) in [5, 5.41) is 4.07. The lowest BCUT2D eigenvalue weighted by atomic mass is 9.80. The molecular formula is C23H31N3O2. The third-order valence-electron chi connectivity index (χ3n) is 6.33. The highest BCUT2D eigenvalue weighted by atomic mass is 16.5. The summed E-state index contributed by atoms with van der Waals surface area (Å²) in [6, 6.07) is 12.2. The summed E-state index contributed by atoms with van der Waals surface area (Å²) >= 11 is 0. The standard InChI is InChI=1S/C23H31N3O2/c1-25(15-18-8-4-2-5-9-18)17-21-14-22(24-28-21)23(27)26-13-12-20(16-26)19-10-6-3-7-11-19/h2,4-5,8-9,14,19-20H,3,6-7,10-13,15-17H2,1H3/t20-/m0/s1. The second-order valence-corrected chi connectivity index (χ2v) is 8.53. The smallest absolute Gasteiger partial charge is 0.276 e. The van der Waals surface area contributed by atoms with Crippen molar-refractivity contribution in [2.24, 2.45) is 11.8 Å². The van der Waals surface area contributed by atoms with Gasteiger partial charge in [0.1, 0.15) is 0 Å². The van der Waals surface area contributed by atoms with Crippen LogP contribution in [0.1, 0.15) is 60.3 Å². The number of benzene rings is 1. The zero-order chi connectivity index (χ0) is 19.3. The van der Waals surface area contributed by atoms with Gasteiger partial charge in [-0.2, -0.15) is 0 Å². The first-order chi connectivity index (χ1) is 13.7. The molecule has 0 radical (unpaired) electrons. The molecule has 0 unspecified atom stereocenters. The summed E-state index contributed by atoms with van der Waals surface area (Å²) < 4.78 is 5.46. The van der Waals surface area contributed by atoms with E-state index in [2.05, 4.69) is 22.2 Å².